The predicted octanol–water partition coefficient (Wildman–Crippen LogP) is 2.11. The summed E-state index contributed by atoms with van der Waals surface area (Å²) in [5.41, 5.74) is 1.33. The number of hydrogen-bond acceptors (Lipinski definition) is 7. The van der Waals surface area contributed by atoms with E-state index >= 15 is 0 Å². The van der Waals surface area contributed by atoms with E-state index in [9.17, 15) is 13.2 Å². The molecule has 2 N–H and O–H groups in total. The molecule has 0 fully saturated rings. The monoisotopic (exact) mass is 388 g/mol. The summed E-state index contributed by atoms with van der Waals surface area (Å²) in [6, 6.07) is 12.9. The number of primary sulfonamides is 1. The average Bonchev–Trinajstić information content (AvgIpc) is 3.06. The lowest BCUT2D eigenvalue weighted by molar-refractivity contribution is -0.138. The lowest BCUT2D eigenvalue weighted by Gasteiger charge is -2.06. The van der Waals surface area contributed by atoms with Crippen LogP contribution in [0.3, 0.4) is 0 Å². The van der Waals surface area contributed by atoms with Gasteiger partial charge in [0, 0.05) is 12.2 Å². The minimum atomic E-state index is -3.74. The van der Waals surface area contributed by atoms with Crippen molar-refractivity contribution in [3.8, 4) is 5.75 Å². The number of aromatic nitrogens is 1. The summed E-state index contributed by atoms with van der Waals surface area (Å²) in [7, 11) is -3.74. The molecule has 0 atom stereocenters. The third kappa shape index (κ3) is 5.16. The van der Waals surface area contributed by atoms with Gasteiger partial charge in [0.05, 0.1) is 4.90 Å². The zero-order valence-corrected chi connectivity index (χ0v) is 14.9. The van der Waals surface area contributed by atoms with Crippen LogP contribution in [0.15, 0.2) is 63.9 Å². The van der Waals surface area contributed by atoms with Gasteiger partial charge >= 0.3 is 5.97 Å². The number of rotatable bonds is 7. The Hall–Kier alpha value is -3.17. The number of hydrogen-bond donors (Lipinski definition) is 1. The molecule has 1 aromatic heterocycles. The third-order valence-electron chi connectivity index (χ3n) is 3.42. The Morgan fingerprint density at radius 2 is 1.85 bits per heavy atom. The highest BCUT2D eigenvalue weighted by Gasteiger charge is 2.07. The normalized spacial score (nSPS) is 11.7. The van der Waals surface area contributed by atoms with Gasteiger partial charge in [-0.3, -0.25) is 0 Å². The van der Waals surface area contributed by atoms with Crippen molar-refractivity contribution < 1.29 is 27.1 Å². The van der Waals surface area contributed by atoms with Crippen molar-refractivity contribution in [2.24, 2.45) is 5.14 Å². The Morgan fingerprint density at radius 1 is 1.11 bits per heavy atom. The van der Waals surface area contributed by atoms with E-state index in [4.69, 9.17) is 19.0 Å². The first-order chi connectivity index (χ1) is 12.9. The SMILES string of the molecule is NS(=O)(=O)c1ccc(OCCOC(=O)/C=C/c2nc3ccccc3o2)cc1. The number of oxazole rings is 1. The summed E-state index contributed by atoms with van der Waals surface area (Å²) >= 11 is 0. The summed E-state index contributed by atoms with van der Waals surface area (Å²) in [6.45, 7) is 0.130. The van der Waals surface area contributed by atoms with Crippen LogP contribution in [0.25, 0.3) is 17.2 Å². The number of ether oxygens (including phenoxy) is 2. The van der Waals surface area contributed by atoms with E-state index in [-0.39, 0.29) is 18.1 Å². The number of benzene rings is 2. The summed E-state index contributed by atoms with van der Waals surface area (Å²) in [5, 5.41) is 5.01. The van der Waals surface area contributed by atoms with Crippen molar-refractivity contribution in [3.63, 3.8) is 0 Å². The van der Waals surface area contributed by atoms with E-state index in [0.29, 0.717) is 22.7 Å². The first-order valence-corrected chi connectivity index (χ1v) is 9.42. The van der Waals surface area contributed by atoms with Crippen LogP contribution in [0.4, 0.5) is 0 Å². The fourth-order valence-electron chi connectivity index (χ4n) is 2.18. The molecule has 0 spiro atoms. The minimum absolute atomic E-state index is 0.00869. The second kappa shape index (κ2) is 8.02. The van der Waals surface area contributed by atoms with E-state index in [0.717, 1.165) is 0 Å². The number of carbonyl (C=O) groups excluding carboxylic acids is 1. The van der Waals surface area contributed by atoms with Gasteiger partial charge in [0.2, 0.25) is 15.9 Å². The molecule has 0 unspecified atom stereocenters. The average molecular weight is 388 g/mol. The molecule has 3 aromatic rings. The minimum Gasteiger partial charge on any atom is -0.490 e. The van der Waals surface area contributed by atoms with Gasteiger partial charge in [0.15, 0.2) is 5.58 Å². The van der Waals surface area contributed by atoms with Crippen LogP contribution in [0.2, 0.25) is 0 Å². The van der Waals surface area contributed by atoms with E-state index in [2.05, 4.69) is 4.98 Å². The van der Waals surface area contributed by atoms with Gasteiger partial charge in [0.25, 0.3) is 0 Å². The maximum atomic E-state index is 11.7. The van der Waals surface area contributed by atoms with E-state index in [1.807, 2.05) is 12.1 Å². The molecular weight excluding hydrogens is 372 g/mol. The van der Waals surface area contributed by atoms with E-state index < -0.39 is 16.0 Å². The highest BCUT2D eigenvalue weighted by Crippen LogP contribution is 2.16. The molecule has 0 aliphatic heterocycles. The Labute approximate surface area is 155 Å². The highest BCUT2D eigenvalue weighted by molar-refractivity contribution is 7.89. The number of fused-ring (bicyclic) bond motifs is 1. The number of sulfonamides is 1. The molecule has 0 bridgehead atoms. The summed E-state index contributed by atoms with van der Waals surface area (Å²) < 4.78 is 38.1. The first kappa shape index (κ1) is 18.6. The van der Waals surface area contributed by atoms with Crippen molar-refractivity contribution in [2.75, 3.05) is 13.2 Å². The largest absolute Gasteiger partial charge is 0.490 e. The molecule has 140 valence electrons. The second-order valence-electron chi connectivity index (χ2n) is 5.39. The molecule has 0 saturated carbocycles. The van der Waals surface area contributed by atoms with Gasteiger partial charge in [-0.2, -0.15) is 0 Å². The number of para-hydroxylation sites is 2. The first-order valence-electron chi connectivity index (χ1n) is 7.88. The van der Waals surface area contributed by atoms with E-state index in [1.54, 1.807) is 12.1 Å². The molecule has 0 aliphatic rings. The fraction of sp³-hybridized carbons (Fsp3) is 0.111. The predicted molar refractivity (Wildman–Crippen MR) is 97.3 cm³/mol. The summed E-state index contributed by atoms with van der Waals surface area (Å²) in [6.07, 6.45) is 2.64. The molecule has 2 aromatic carbocycles. The molecule has 0 amide bonds. The molecule has 3 rings (SSSR count). The number of carbonyl (C=O) groups is 1. The van der Waals surface area contributed by atoms with Crippen LogP contribution < -0.4 is 9.88 Å². The van der Waals surface area contributed by atoms with Crippen LogP contribution in [-0.2, 0) is 19.6 Å². The van der Waals surface area contributed by atoms with Crippen molar-refractivity contribution in [3.05, 3.63) is 60.5 Å². The highest BCUT2D eigenvalue weighted by atomic mass is 32.2. The maximum absolute atomic E-state index is 11.7. The molecular formula is C18H16N2O6S. The molecule has 0 radical (unpaired) electrons. The van der Waals surface area contributed by atoms with Crippen LogP contribution in [0.1, 0.15) is 5.89 Å². The fourth-order valence-corrected chi connectivity index (χ4v) is 2.69. The number of nitrogens with two attached hydrogens (primary N) is 1. The number of esters is 1. The van der Waals surface area contributed by atoms with Crippen molar-refractivity contribution in [1.29, 1.82) is 0 Å². The van der Waals surface area contributed by atoms with Crippen LogP contribution in [-0.4, -0.2) is 32.6 Å². The summed E-state index contributed by atoms with van der Waals surface area (Å²) in [4.78, 5) is 15.9. The zero-order valence-electron chi connectivity index (χ0n) is 14.1. The standard InChI is InChI=1S/C18H16N2O6S/c19-27(22,23)14-7-5-13(6-8-14)24-11-12-25-18(21)10-9-17-20-15-3-1-2-4-16(15)26-17/h1-10H,11-12H2,(H2,19,22,23)/b10-9+. The molecule has 27 heavy (non-hydrogen) atoms. The van der Waals surface area contributed by atoms with Crippen LogP contribution in [0.5, 0.6) is 5.75 Å². The zero-order chi connectivity index (χ0) is 19.3. The van der Waals surface area contributed by atoms with Crippen molar-refractivity contribution >= 4 is 33.2 Å². The van der Waals surface area contributed by atoms with Gasteiger partial charge in [-0.1, -0.05) is 12.1 Å². The third-order valence-corrected chi connectivity index (χ3v) is 4.35. The lowest BCUT2D eigenvalue weighted by atomic mass is 10.3. The summed E-state index contributed by atoms with van der Waals surface area (Å²) in [5.74, 6) is 0.172. The Bertz CT molecular complexity index is 1040. The Kier molecular flexibility index (Phi) is 5.53. The topological polar surface area (TPSA) is 122 Å². The molecule has 1 heterocycles. The van der Waals surface area contributed by atoms with Gasteiger partial charge in [-0.05, 0) is 36.4 Å². The second-order valence-corrected chi connectivity index (χ2v) is 6.95. The molecule has 0 aliphatic carbocycles. The molecule has 8 nitrogen and oxygen atoms in total. The van der Waals surface area contributed by atoms with Crippen LogP contribution >= 0.6 is 0 Å². The van der Waals surface area contributed by atoms with Crippen LogP contribution in [0, 0.1) is 0 Å². The quantitative estimate of drug-likeness (QED) is 0.374. The molecule has 0 saturated heterocycles. The van der Waals surface area contributed by atoms with Gasteiger partial charge < -0.3 is 13.9 Å². The van der Waals surface area contributed by atoms with E-state index in [1.165, 1.54) is 36.4 Å². The van der Waals surface area contributed by atoms with Gasteiger partial charge in [-0.15, -0.1) is 0 Å². The number of nitrogens with zero attached hydrogens (tertiary/aromatic N) is 1. The maximum Gasteiger partial charge on any atom is 0.331 e. The van der Waals surface area contributed by atoms with Gasteiger partial charge in [-0.25, -0.2) is 23.3 Å². The molecule has 9 heteroatoms. The smallest absolute Gasteiger partial charge is 0.331 e. The van der Waals surface area contributed by atoms with Crippen molar-refractivity contribution in [2.45, 2.75) is 4.90 Å². The Morgan fingerprint density at radius 3 is 2.56 bits per heavy atom. The Balaban J connectivity index is 1.44. The lowest BCUT2D eigenvalue weighted by Crippen LogP contribution is -2.12. The van der Waals surface area contributed by atoms with Crippen molar-refractivity contribution in [1.82, 2.24) is 4.98 Å². The van der Waals surface area contributed by atoms with Gasteiger partial charge in [0.1, 0.15) is 24.5 Å².